The third-order valence-corrected chi connectivity index (χ3v) is 4.89. The number of nitrogens with zero attached hydrogens (tertiary/aromatic N) is 1. The summed E-state index contributed by atoms with van der Waals surface area (Å²) in [6, 6.07) is 1.27. The lowest BCUT2D eigenvalue weighted by atomic mass is 9.77. The van der Waals surface area contributed by atoms with Crippen LogP contribution in [0.25, 0.3) is 0 Å². The van der Waals surface area contributed by atoms with Crippen molar-refractivity contribution in [2.45, 2.75) is 64.5 Å². The number of hydrogen-bond donors (Lipinski definition) is 1. The van der Waals surface area contributed by atoms with Crippen LogP contribution in [0.1, 0.15) is 52.4 Å². The molecule has 0 amide bonds. The van der Waals surface area contributed by atoms with Gasteiger partial charge in [0.05, 0.1) is 0 Å². The van der Waals surface area contributed by atoms with Gasteiger partial charge in [-0.05, 0) is 57.4 Å². The third kappa shape index (κ3) is 2.78. The van der Waals surface area contributed by atoms with Crippen molar-refractivity contribution in [3.8, 4) is 0 Å². The molecule has 0 aromatic carbocycles. The lowest BCUT2D eigenvalue weighted by Gasteiger charge is -2.37. The molecule has 1 aliphatic heterocycles. The van der Waals surface area contributed by atoms with Gasteiger partial charge >= 0.3 is 0 Å². The van der Waals surface area contributed by atoms with Gasteiger partial charge in [-0.15, -0.1) is 0 Å². The quantitative estimate of drug-likeness (QED) is 0.798. The predicted molar refractivity (Wildman–Crippen MR) is 69.4 cm³/mol. The zero-order chi connectivity index (χ0) is 11.5. The molecule has 4 atom stereocenters. The van der Waals surface area contributed by atoms with Crippen molar-refractivity contribution in [2.75, 3.05) is 13.1 Å². The Morgan fingerprint density at radius 3 is 2.69 bits per heavy atom. The smallest absolute Gasteiger partial charge is 0.00795 e. The molecule has 1 saturated heterocycles. The highest BCUT2D eigenvalue weighted by atomic mass is 15.2. The molecule has 2 heteroatoms. The van der Waals surface area contributed by atoms with Gasteiger partial charge in [-0.2, -0.15) is 0 Å². The molecule has 0 aromatic heterocycles. The summed E-state index contributed by atoms with van der Waals surface area (Å²) in [6.45, 7) is 7.27. The van der Waals surface area contributed by atoms with E-state index < -0.39 is 0 Å². The minimum atomic E-state index is 0.468. The van der Waals surface area contributed by atoms with Crippen molar-refractivity contribution in [1.82, 2.24) is 4.90 Å². The molecule has 16 heavy (non-hydrogen) atoms. The van der Waals surface area contributed by atoms with E-state index in [-0.39, 0.29) is 0 Å². The van der Waals surface area contributed by atoms with Crippen LogP contribution in [0.3, 0.4) is 0 Å². The van der Waals surface area contributed by atoms with Gasteiger partial charge in [0, 0.05) is 18.6 Å². The molecule has 2 fully saturated rings. The van der Waals surface area contributed by atoms with Crippen LogP contribution in [-0.2, 0) is 0 Å². The second-order valence-corrected chi connectivity index (χ2v) is 6.00. The summed E-state index contributed by atoms with van der Waals surface area (Å²) in [4.78, 5) is 2.67. The molecule has 2 nitrogen and oxygen atoms in total. The monoisotopic (exact) mass is 224 g/mol. The van der Waals surface area contributed by atoms with Gasteiger partial charge in [-0.25, -0.2) is 0 Å². The molecular formula is C14H28N2. The van der Waals surface area contributed by atoms with E-state index in [1.807, 2.05) is 0 Å². The van der Waals surface area contributed by atoms with Gasteiger partial charge in [0.1, 0.15) is 0 Å². The van der Waals surface area contributed by atoms with Crippen LogP contribution in [0.15, 0.2) is 0 Å². The first-order valence-electron chi connectivity index (χ1n) is 7.20. The van der Waals surface area contributed by atoms with E-state index >= 15 is 0 Å². The van der Waals surface area contributed by atoms with Gasteiger partial charge < -0.3 is 10.6 Å². The first-order chi connectivity index (χ1) is 7.70. The first-order valence-corrected chi connectivity index (χ1v) is 7.20. The van der Waals surface area contributed by atoms with E-state index in [0.29, 0.717) is 6.04 Å². The van der Waals surface area contributed by atoms with E-state index in [4.69, 9.17) is 5.73 Å². The number of hydrogen-bond acceptors (Lipinski definition) is 2. The van der Waals surface area contributed by atoms with Crippen LogP contribution in [0.5, 0.6) is 0 Å². The number of likely N-dealkylation sites (tertiary alicyclic amines) is 1. The van der Waals surface area contributed by atoms with E-state index in [1.165, 1.54) is 51.6 Å². The van der Waals surface area contributed by atoms with Gasteiger partial charge in [-0.1, -0.05) is 13.3 Å². The highest BCUT2D eigenvalue weighted by Gasteiger charge is 2.31. The molecule has 0 radical (unpaired) electrons. The molecule has 1 heterocycles. The molecule has 0 bridgehead atoms. The molecule has 2 aliphatic rings. The molecule has 0 spiro atoms. The highest BCUT2D eigenvalue weighted by molar-refractivity contribution is 4.86. The molecule has 2 rings (SSSR count). The van der Waals surface area contributed by atoms with Gasteiger partial charge in [0.25, 0.3) is 0 Å². The molecule has 2 N–H and O–H groups in total. The zero-order valence-electron chi connectivity index (χ0n) is 11.0. The van der Waals surface area contributed by atoms with Crippen molar-refractivity contribution in [3.63, 3.8) is 0 Å². The summed E-state index contributed by atoms with van der Waals surface area (Å²) < 4.78 is 0. The zero-order valence-corrected chi connectivity index (χ0v) is 11.0. The average Bonchev–Trinajstić information content (AvgIpc) is 2.68. The largest absolute Gasteiger partial charge is 0.327 e. The van der Waals surface area contributed by atoms with Crippen LogP contribution >= 0.6 is 0 Å². The van der Waals surface area contributed by atoms with E-state index in [9.17, 15) is 0 Å². The molecular weight excluding hydrogens is 196 g/mol. The highest BCUT2D eigenvalue weighted by Crippen LogP contribution is 2.32. The maximum Gasteiger partial charge on any atom is 0.00795 e. The summed E-state index contributed by atoms with van der Waals surface area (Å²) >= 11 is 0. The summed E-state index contributed by atoms with van der Waals surface area (Å²) in [6.07, 6.45) is 8.12. The number of rotatable bonds is 3. The Bertz CT molecular complexity index is 217. The van der Waals surface area contributed by atoms with Crippen molar-refractivity contribution < 1.29 is 0 Å². The van der Waals surface area contributed by atoms with Gasteiger partial charge in [0.2, 0.25) is 0 Å². The fourth-order valence-corrected chi connectivity index (χ4v) is 3.53. The Kier molecular flexibility index (Phi) is 4.26. The Morgan fingerprint density at radius 2 is 2.06 bits per heavy atom. The standard InChI is InChI=1S/C14H28N2/c1-3-12-6-7-14(15)13(9-12)10-16-8-4-5-11(16)2/h11-14H,3-10,15H2,1-2H3. The molecule has 4 unspecified atom stereocenters. The maximum absolute atomic E-state index is 6.29. The second-order valence-electron chi connectivity index (χ2n) is 6.00. The Morgan fingerprint density at radius 1 is 1.25 bits per heavy atom. The maximum atomic E-state index is 6.29. The molecule has 1 aliphatic carbocycles. The van der Waals surface area contributed by atoms with Gasteiger partial charge in [0.15, 0.2) is 0 Å². The third-order valence-electron chi connectivity index (χ3n) is 4.89. The van der Waals surface area contributed by atoms with E-state index in [2.05, 4.69) is 18.7 Å². The predicted octanol–water partition coefficient (Wildman–Crippen LogP) is 2.62. The normalized spacial score (nSPS) is 41.4. The lowest BCUT2D eigenvalue weighted by molar-refractivity contribution is 0.150. The van der Waals surface area contributed by atoms with Crippen LogP contribution in [0.2, 0.25) is 0 Å². The SMILES string of the molecule is CCC1CCC(N)C(CN2CCCC2C)C1. The fraction of sp³-hybridized carbons (Fsp3) is 1.00. The first kappa shape index (κ1) is 12.4. The summed E-state index contributed by atoms with van der Waals surface area (Å²) in [5.74, 6) is 1.71. The Labute approximate surface area is 101 Å². The summed E-state index contributed by atoms with van der Waals surface area (Å²) in [5, 5.41) is 0. The van der Waals surface area contributed by atoms with Crippen LogP contribution in [-0.4, -0.2) is 30.1 Å². The Hall–Kier alpha value is -0.0800. The molecule has 94 valence electrons. The number of nitrogens with two attached hydrogens (primary N) is 1. The minimum absolute atomic E-state index is 0.468. The summed E-state index contributed by atoms with van der Waals surface area (Å²) in [7, 11) is 0. The summed E-state index contributed by atoms with van der Waals surface area (Å²) in [5.41, 5.74) is 6.29. The average molecular weight is 224 g/mol. The van der Waals surface area contributed by atoms with Crippen molar-refractivity contribution >= 4 is 0 Å². The van der Waals surface area contributed by atoms with E-state index in [0.717, 1.165) is 17.9 Å². The van der Waals surface area contributed by atoms with E-state index in [1.54, 1.807) is 0 Å². The molecule has 1 saturated carbocycles. The van der Waals surface area contributed by atoms with Crippen LogP contribution < -0.4 is 5.73 Å². The second kappa shape index (κ2) is 5.50. The van der Waals surface area contributed by atoms with Crippen molar-refractivity contribution in [3.05, 3.63) is 0 Å². The lowest BCUT2D eigenvalue weighted by Crippen LogP contribution is -2.43. The van der Waals surface area contributed by atoms with Crippen molar-refractivity contribution in [1.29, 1.82) is 0 Å². The van der Waals surface area contributed by atoms with Crippen LogP contribution in [0, 0.1) is 11.8 Å². The molecule has 0 aromatic rings. The topological polar surface area (TPSA) is 29.3 Å². The minimum Gasteiger partial charge on any atom is -0.327 e. The van der Waals surface area contributed by atoms with Crippen molar-refractivity contribution in [2.24, 2.45) is 17.6 Å². The Balaban J connectivity index is 1.86. The fourth-order valence-electron chi connectivity index (χ4n) is 3.53. The van der Waals surface area contributed by atoms with Crippen LogP contribution in [0.4, 0.5) is 0 Å². The van der Waals surface area contributed by atoms with Gasteiger partial charge in [-0.3, -0.25) is 0 Å².